The molecule has 9 rings (SSSR count). The number of hydrogen-bond donors (Lipinski definition) is 0. The third-order valence-corrected chi connectivity index (χ3v) is 8.43. The SMILES string of the molecule is c1ccc(-c2ccc(-c3nc(-c4ccccc4)nc(N4c5ccccc5-c5ccccc5-n5c4nc4ccccc45)n3)cc2)cc1. The number of para-hydroxylation sites is 4. The molecule has 0 amide bonds. The second-order valence-electron chi connectivity index (χ2n) is 11.2. The average Bonchev–Trinajstić information content (AvgIpc) is 3.46. The summed E-state index contributed by atoms with van der Waals surface area (Å²) in [6.45, 7) is 0. The first kappa shape index (κ1) is 26.0. The zero-order valence-electron chi connectivity index (χ0n) is 24.7. The fourth-order valence-corrected chi connectivity index (χ4v) is 6.25. The van der Waals surface area contributed by atoms with Crippen LogP contribution in [0, 0.1) is 0 Å². The Labute approximate surface area is 266 Å². The molecule has 0 aliphatic carbocycles. The maximum Gasteiger partial charge on any atom is 0.241 e. The van der Waals surface area contributed by atoms with Gasteiger partial charge in [0.15, 0.2) is 11.6 Å². The first-order chi connectivity index (χ1) is 22.8. The highest BCUT2D eigenvalue weighted by atomic mass is 15.4. The summed E-state index contributed by atoms with van der Waals surface area (Å²) in [5, 5.41) is 0. The largest absolute Gasteiger partial charge is 0.277 e. The highest BCUT2D eigenvalue weighted by molar-refractivity contribution is 5.95. The van der Waals surface area contributed by atoms with Crippen molar-refractivity contribution in [3.63, 3.8) is 0 Å². The molecule has 0 radical (unpaired) electrons. The fourth-order valence-electron chi connectivity index (χ4n) is 6.25. The Morgan fingerprint density at radius 2 is 0.870 bits per heavy atom. The van der Waals surface area contributed by atoms with E-state index in [4.69, 9.17) is 19.9 Å². The molecule has 0 atom stereocenters. The average molecular weight is 591 g/mol. The minimum atomic E-state index is 0.493. The molecular formula is C40H26N6. The molecule has 0 saturated heterocycles. The number of hydrogen-bond acceptors (Lipinski definition) is 5. The highest BCUT2D eigenvalue weighted by Gasteiger charge is 2.31. The van der Waals surface area contributed by atoms with Gasteiger partial charge in [0.1, 0.15) is 0 Å². The molecular weight excluding hydrogens is 564 g/mol. The van der Waals surface area contributed by atoms with E-state index in [2.05, 4.69) is 119 Å². The van der Waals surface area contributed by atoms with Gasteiger partial charge in [-0.05, 0) is 35.4 Å². The first-order valence-electron chi connectivity index (χ1n) is 15.3. The van der Waals surface area contributed by atoms with Crippen molar-refractivity contribution in [2.75, 3.05) is 4.90 Å². The van der Waals surface area contributed by atoms with Crippen molar-refractivity contribution in [1.82, 2.24) is 24.5 Å². The summed E-state index contributed by atoms with van der Waals surface area (Å²) in [5.41, 5.74) is 10.2. The normalized spacial score (nSPS) is 11.9. The van der Waals surface area contributed by atoms with Gasteiger partial charge in [0, 0.05) is 22.3 Å². The van der Waals surface area contributed by atoms with Gasteiger partial charge < -0.3 is 0 Å². The van der Waals surface area contributed by atoms with Crippen LogP contribution in [0.2, 0.25) is 0 Å². The van der Waals surface area contributed by atoms with Crippen LogP contribution in [0.1, 0.15) is 0 Å². The maximum absolute atomic E-state index is 5.21. The molecule has 0 fully saturated rings. The van der Waals surface area contributed by atoms with Crippen LogP contribution in [0.15, 0.2) is 158 Å². The van der Waals surface area contributed by atoms with Crippen LogP contribution in [-0.4, -0.2) is 24.5 Å². The lowest BCUT2D eigenvalue weighted by molar-refractivity contribution is 0.974. The van der Waals surface area contributed by atoms with Crippen molar-refractivity contribution >= 4 is 28.6 Å². The third kappa shape index (κ3) is 4.27. The monoisotopic (exact) mass is 590 g/mol. The van der Waals surface area contributed by atoms with E-state index in [-0.39, 0.29) is 0 Å². The molecule has 0 N–H and O–H groups in total. The lowest BCUT2D eigenvalue weighted by Crippen LogP contribution is -2.18. The van der Waals surface area contributed by atoms with Gasteiger partial charge >= 0.3 is 0 Å². The van der Waals surface area contributed by atoms with Crippen LogP contribution < -0.4 is 4.90 Å². The van der Waals surface area contributed by atoms with Crippen molar-refractivity contribution < 1.29 is 0 Å². The number of aromatic nitrogens is 5. The molecule has 1 aliphatic heterocycles. The molecule has 0 saturated carbocycles. The molecule has 0 bridgehead atoms. The summed E-state index contributed by atoms with van der Waals surface area (Å²) in [5.74, 6) is 2.39. The van der Waals surface area contributed by atoms with E-state index in [1.165, 1.54) is 0 Å². The topological polar surface area (TPSA) is 59.7 Å². The predicted molar refractivity (Wildman–Crippen MR) is 184 cm³/mol. The Kier molecular flexibility index (Phi) is 6.03. The summed E-state index contributed by atoms with van der Waals surface area (Å²) in [4.78, 5) is 22.6. The van der Waals surface area contributed by atoms with E-state index in [9.17, 15) is 0 Å². The predicted octanol–water partition coefficient (Wildman–Crippen LogP) is 9.66. The highest BCUT2D eigenvalue weighted by Crippen LogP contribution is 2.47. The van der Waals surface area contributed by atoms with Gasteiger partial charge in [-0.15, -0.1) is 0 Å². The first-order valence-corrected chi connectivity index (χ1v) is 15.3. The Hall–Kier alpha value is -6.40. The minimum Gasteiger partial charge on any atom is -0.277 e. The van der Waals surface area contributed by atoms with Crippen LogP contribution in [0.3, 0.4) is 0 Å². The number of benzene rings is 6. The van der Waals surface area contributed by atoms with Crippen molar-refractivity contribution in [1.29, 1.82) is 0 Å². The molecule has 3 heterocycles. The lowest BCUT2D eigenvalue weighted by Gasteiger charge is -2.23. The number of nitrogens with zero attached hydrogens (tertiary/aromatic N) is 6. The molecule has 0 unspecified atom stereocenters. The summed E-state index contributed by atoms with van der Waals surface area (Å²) < 4.78 is 2.21. The number of imidazole rings is 1. The van der Waals surface area contributed by atoms with Crippen molar-refractivity contribution in [3.8, 4) is 50.7 Å². The molecule has 216 valence electrons. The summed E-state index contributed by atoms with van der Waals surface area (Å²) >= 11 is 0. The maximum atomic E-state index is 5.21. The van der Waals surface area contributed by atoms with Gasteiger partial charge in [-0.1, -0.05) is 133 Å². The Bertz CT molecular complexity index is 2360. The van der Waals surface area contributed by atoms with E-state index >= 15 is 0 Å². The van der Waals surface area contributed by atoms with Crippen molar-refractivity contribution in [2.24, 2.45) is 0 Å². The standard InChI is InChI=1S/C40H26N6/c1-3-13-27(14-4-1)28-23-25-30(26-24-28)38-42-37(29-15-5-2-6-16-29)43-39(44-38)46-35-21-11-8-18-32(35)31-17-7-10-20-34(31)45-36-22-12-9-19-33(36)41-40(45)46/h1-26H. The minimum absolute atomic E-state index is 0.493. The Balaban J connectivity index is 1.31. The van der Waals surface area contributed by atoms with E-state index in [0.717, 1.165) is 55.8 Å². The number of fused-ring (bicyclic) bond motifs is 7. The van der Waals surface area contributed by atoms with Crippen molar-refractivity contribution in [3.05, 3.63) is 158 Å². The van der Waals surface area contributed by atoms with Crippen LogP contribution >= 0.6 is 0 Å². The van der Waals surface area contributed by atoms with E-state index in [1.807, 2.05) is 48.5 Å². The van der Waals surface area contributed by atoms with Crippen LogP contribution in [0.4, 0.5) is 17.6 Å². The number of rotatable bonds is 4. The number of anilines is 3. The molecule has 6 heteroatoms. The van der Waals surface area contributed by atoms with Gasteiger partial charge in [-0.25, -0.2) is 14.9 Å². The van der Waals surface area contributed by atoms with Crippen LogP contribution in [0.25, 0.3) is 61.8 Å². The lowest BCUT2D eigenvalue weighted by atomic mass is 10.0. The second kappa shape index (κ2) is 10.6. The third-order valence-electron chi connectivity index (χ3n) is 8.43. The molecule has 8 aromatic rings. The summed E-state index contributed by atoms with van der Waals surface area (Å²) in [6, 6.07) is 53.9. The molecule has 2 aromatic heterocycles. The zero-order chi connectivity index (χ0) is 30.5. The molecule has 6 nitrogen and oxygen atoms in total. The molecule has 6 aromatic carbocycles. The van der Waals surface area contributed by atoms with E-state index < -0.39 is 0 Å². The van der Waals surface area contributed by atoms with Gasteiger partial charge in [0.05, 0.1) is 22.4 Å². The van der Waals surface area contributed by atoms with E-state index in [1.54, 1.807) is 0 Å². The molecule has 1 aliphatic rings. The Morgan fingerprint density at radius 3 is 1.59 bits per heavy atom. The quantitative estimate of drug-likeness (QED) is 0.204. The molecule has 0 spiro atoms. The van der Waals surface area contributed by atoms with Crippen LogP contribution in [-0.2, 0) is 0 Å². The van der Waals surface area contributed by atoms with Gasteiger partial charge in [-0.2, -0.15) is 9.97 Å². The van der Waals surface area contributed by atoms with Gasteiger partial charge in [-0.3, -0.25) is 4.57 Å². The van der Waals surface area contributed by atoms with Gasteiger partial charge in [0.25, 0.3) is 0 Å². The van der Waals surface area contributed by atoms with Gasteiger partial charge in [0.2, 0.25) is 11.9 Å². The summed E-state index contributed by atoms with van der Waals surface area (Å²) in [6.07, 6.45) is 0. The fraction of sp³-hybridized carbons (Fsp3) is 0. The smallest absolute Gasteiger partial charge is 0.241 e. The second-order valence-corrected chi connectivity index (χ2v) is 11.2. The molecule has 46 heavy (non-hydrogen) atoms. The Morgan fingerprint density at radius 1 is 0.370 bits per heavy atom. The van der Waals surface area contributed by atoms with Crippen molar-refractivity contribution in [2.45, 2.75) is 0 Å². The van der Waals surface area contributed by atoms with E-state index in [0.29, 0.717) is 23.5 Å². The zero-order valence-corrected chi connectivity index (χ0v) is 24.7. The van der Waals surface area contributed by atoms with Crippen LogP contribution in [0.5, 0.6) is 0 Å². The summed E-state index contributed by atoms with van der Waals surface area (Å²) in [7, 11) is 0.